The number of carbonyl (C=O) groups excluding carboxylic acids is 2. The fourth-order valence-electron chi connectivity index (χ4n) is 3.08. The Labute approximate surface area is 187 Å². The Kier molecular flexibility index (Phi) is 7.47. The highest BCUT2D eigenvalue weighted by molar-refractivity contribution is 7.99. The SMILES string of the molecule is CCSc1ccc(CC(=O)Nc2ccc(C(C)(C)C(=O)Nc3ccncc3)cc2)cc1. The summed E-state index contributed by atoms with van der Waals surface area (Å²) in [6, 6.07) is 19.0. The van der Waals surface area contributed by atoms with E-state index in [1.807, 2.05) is 62.4 Å². The second kappa shape index (κ2) is 10.3. The van der Waals surface area contributed by atoms with Gasteiger partial charge in [-0.05, 0) is 67.1 Å². The van der Waals surface area contributed by atoms with Crippen molar-refractivity contribution in [3.8, 4) is 0 Å². The van der Waals surface area contributed by atoms with Gasteiger partial charge in [0.15, 0.2) is 0 Å². The van der Waals surface area contributed by atoms with Crippen molar-refractivity contribution in [3.63, 3.8) is 0 Å². The lowest BCUT2D eigenvalue weighted by atomic mass is 9.83. The quantitative estimate of drug-likeness (QED) is 0.474. The lowest BCUT2D eigenvalue weighted by Crippen LogP contribution is -2.34. The summed E-state index contributed by atoms with van der Waals surface area (Å²) in [5, 5.41) is 5.84. The van der Waals surface area contributed by atoms with Crippen LogP contribution in [0.2, 0.25) is 0 Å². The van der Waals surface area contributed by atoms with Crippen LogP contribution in [-0.2, 0) is 21.4 Å². The van der Waals surface area contributed by atoms with Crippen LogP contribution in [0.5, 0.6) is 0 Å². The van der Waals surface area contributed by atoms with E-state index in [1.54, 1.807) is 36.3 Å². The van der Waals surface area contributed by atoms with Crippen molar-refractivity contribution in [1.82, 2.24) is 4.98 Å². The molecule has 1 heterocycles. The maximum absolute atomic E-state index is 12.8. The van der Waals surface area contributed by atoms with Crippen molar-refractivity contribution < 1.29 is 9.59 Å². The molecule has 6 heteroatoms. The monoisotopic (exact) mass is 433 g/mol. The number of benzene rings is 2. The highest BCUT2D eigenvalue weighted by Crippen LogP contribution is 2.26. The number of rotatable bonds is 8. The minimum atomic E-state index is -0.732. The molecule has 2 amide bonds. The molecule has 0 aliphatic heterocycles. The molecule has 0 radical (unpaired) electrons. The first kappa shape index (κ1) is 22.6. The summed E-state index contributed by atoms with van der Waals surface area (Å²) in [5.74, 6) is 0.844. The van der Waals surface area contributed by atoms with Gasteiger partial charge >= 0.3 is 0 Å². The Balaban J connectivity index is 1.59. The number of thioether (sulfide) groups is 1. The third kappa shape index (κ3) is 6.18. The fraction of sp³-hybridized carbons (Fsp3) is 0.240. The zero-order valence-corrected chi connectivity index (χ0v) is 18.8. The highest BCUT2D eigenvalue weighted by atomic mass is 32.2. The number of nitrogens with one attached hydrogen (secondary N) is 2. The van der Waals surface area contributed by atoms with Crippen LogP contribution in [0.25, 0.3) is 0 Å². The predicted molar refractivity (Wildman–Crippen MR) is 128 cm³/mol. The average molecular weight is 434 g/mol. The molecule has 0 fully saturated rings. The summed E-state index contributed by atoms with van der Waals surface area (Å²) >= 11 is 1.78. The first-order chi connectivity index (χ1) is 14.9. The van der Waals surface area contributed by atoms with Crippen LogP contribution in [0, 0.1) is 0 Å². The van der Waals surface area contributed by atoms with E-state index in [0.29, 0.717) is 17.8 Å². The molecule has 0 saturated heterocycles. The summed E-state index contributed by atoms with van der Waals surface area (Å²) in [6.45, 7) is 5.86. The predicted octanol–water partition coefficient (Wildman–Crippen LogP) is 5.29. The summed E-state index contributed by atoms with van der Waals surface area (Å²) in [6.07, 6.45) is 3.59. The molecule has 5 nitrogen and oxygen atoms in total. The second-order valence-corrected chi connectivity index (χ2v) is 9.03. The van der Waals surface area contributed by atoms with Crippen molar-refractivity contribution in [3.05, 3.63) is 84.2 Å². The van der Waals surface area contributed by atoms with Gasteiger partial charge in [0, 0.05) is 28.7 Å². The summed E-state index contributed by atoms with van der Waals surface area (Å²) in [5.41, 5.74) is 2.52. The van der Waals surface area contributed by atoms with Crippen molar-refractivity contribution in [2.75, 3.05) is 16.4 Å². The van der Waals surface area contributed by atoms with Crippen molar-refractivity contribution >= 4 is 35.0 Å². The molecular formula is C25H27N3O2S. The second-order valence-electron chi connectivity index (χ2n) is 7.69. The first-order valence-corrected chi connectivity index (χ1v) is 11.2. The standard InChI is InChI=1S/C25H27N3O2S/c1-4-31-22-11-5-18(6-12-22)17-23(29)27-20-9-7-19(8-10-20)25(2,3)24(30)28-21-13-15-26-16-14-21/h5-16H,4,17H2,1-3H3,(H,27,29)(H,26,28,30). The van der Waals surface area contributed by atoms with E-state index in [0.717, 1.165) is 16.9 Å². The number of nitrogens with zero attached hydrogens (tertiary/aromatic N) is 1. The topological polar surface area (TPSA) is 71.1 Å². The van der Waals surface area contributed by atoms with Crippen molar-refractivity contribution in [2.45, 2.75) is 37.5 Å². The Hall–Kier alpha value is -3.12. The van der Waals surface area contributed by atoms with Crippen LogP contribution < -0.4 is 10.6 Å². The molecular weight excluding hydrogens is 406 g/mol. The minimum absolute atomic E-state index is 0.0710. The molecule has 31 heavy (non-hydrogen) atoms. The highest BCUT2D eigenvalue weighted by Gasteiger charge is 2.29. The zero-order chi connectivity index (χ0) is 22.3. The minimum Gasteiger partial charge on any atom is -0.326 e. The molecule has 0 aliphatic carbocycles. The maximum atomic E-state index is 12.8. The molecule has 160 valence electrons. The van der Waals surface area contributed by atoms with E-state index in [4.69, 9.17) is 0 Å². The molecule has 0 atom stereocenters. The van der Waals surface area contributed by atoms with Crippen molar-refractivity contribution in [1.29, 1.82) is 0 Å². The van der Waals surface area contributed by atoms with Gasteiger partial charge in [-0.2, -0.15) is 0 Å². The van der Waals surface area contributed by atoms with E-state index in [1.165, 1.54) is 4.90 Å². The van der Waals surface area contributed by atoms with Crippen LogP contribution in [0.3, 0.4) is 0 Å². The van der Waals surface area contributed by atoms with Crippen LogP contribution in [0.4, 0.5) is 11.4 Å². The van der Waals surface area contributed by atoms with Gasteiger partial charge in [-0.3, -0.25) is 14.6 Å². The van der Waals surface area contributed by atoms with Gasteiger partial charge in [0.2, 0.25) is 11.8 Å². The molecule has 0 saturated carbocycles. The normalized spacial score (nSPS) is 11.1. The van der Waals surface area contributed by atoms with E-state index in [2.05, 4.69) is 22.5 Å². The Bertz CT molecular complexity index is 1020. The van der Waals surface area contributed by atoms with Crippen LogP contribution >= 0.6 is 11.8 Å². The van der Waals surface area contributed by atoms with E-state index >= 15 is 0 Å². The molecule has 0 spiro atoms. The summed E-state index contributed by atoms with van der Waals surface area (Å²) < 4.78 is 0. The summed E-state index contributed by atoms with van der Waals surface area (Å²) in [4.78, 5) is 30.3. The third-order valence-corrected chi connectivity index (χ3v) is 5.89. The van der Waals surface area contributed by atoms with Gasteiger partial charge in [-0.15, -0.1) is 11.8 Å². The molecule has 2 aromatic carbocycles. The number of amides is 2. The van der Waals surface area contributed by atoms with Crippen LogP contribution in [-0.4, -0.2) is 22.6 Å². The Morgan fingerprint density at radius 1 is 0.871 bits per heavy atom. The number of aromatic nitrogens is 1. The third-order valence-electron chi connectivity index (χ3n) is 5.00. The molecule has 0 bridgehead atoms. The lowest BCUT2D eigenvalue weighted by Gasteiger charge is -2.24. The smallest absolute Gasteiger partial charge is 0.234 e. The van der Waals surface area contributed by atoms with E-state index in [-0.39, 0.29) is 11.8 Å². The van der Waals surface area contributed by atoms with Crippen LogP contribution in [0.15, 0.2) is 78.0 Å². The average Bonchev–Trinajstić information content (AvgIpc) is 2.76. The van der Waals surface area contributed by atoms with Crippen molar-refractivity contribution in [2.24, 2.45) is 0 Å². The van der Waals surface area contributed by atoms with Gasteiger partial charge in [0.05, 0.1) is 11.8 Å². The molecule has 3 aromatic rings. The van der Waals surface area contributed by atoms with E-state index < -0.39 is 5.41 Å². The number of pyridine rings is 1. The Morgan fingerprint density at radius 2 is 1.48 bits per heavy atom. The fourth-order valence-corrected chi connectivity index (χ4v) is 3.75. The number of hydrogen-bond acceptors (Lipinski definition) is 4. The van der Waals surface area contributed by atoms with Gasteiger partial charge in [-0.25, -0.2) is 0 Å². The first-order valence-electron chi connectivity index (χ1n) is 10.2. The molecule has 1 aromatic heterocycles. The number of hydrogen-bond donors (Lipinski definition) is 2. The number of carbonyl (C=O) groups is 2. The lowest BCUT2D eigenvalue weighted by molar-refractivity contribution is -0.120. The maximum Gasteiger partial charge on any atom is 0.234 e. The number of anilines is 2. The molecule has 0 aliphatic rings. The van der Waals surface area contributed by atoms with Gasteiger partial charge in [-0.1, -0.05) is 31.2 Å². The molecule has 3 rings (SSSR count). The van der Waals surface area contributed by atoms with Gasteiger partial charge < -0.3 is 10.6 Å². The Morgan fingerprint density at radius 3 is 2.10 bits per heavy atom. The van der Waals surface area contributed by atoms with Crippen LogP contribution in [0.1, 0.15) is 31.9 Å². The van der Waals surface area contributed by atoms with E-state index in [9.17, 15) is 9.59 Å². The van der Waals surface area contributed by atoms with Gasteiger partial charge in [0.25, 0.3) is 0 Å². The molecule has 0 unspecified atom stereocenters. The largest absolute Gasteiger partial charge is 0.326 e. The molecule has 2 N–H and O–H groups in total. The zero-order valence-electron chi connectivity index (χ0n) is 18.0. The summed E-state index contributed by atoms with van der Waals surface area (Å²) in [7, 11) is 0. The van der Waals surface area contributed by atoms with Gasteiger partial charge in [0.1, 0.15) is 0 Å².